The SMILES string of the molecule is O=C(COc1ccc(Cl)cc1)NCCS(=O)(=O)N1CCN(c2ccc(Cl)cc2)CC1. The van der Waals surface area contributed by atoms with E-state index < -0.39 is 10.0 Å². The Bertz CT molecular complexity index is 945. The molecule has 0 saturated carbocycles. The molecule has 0 aromatic heterocycles. The maximum atomic E-state index is 12.6. The van der Waals surface area contributed by atoms with Crippen molar-refractivity contribution in [3.8, 4) is 5.75 Å². The number of anilines is 1. The van der Waals surface area contributed by atoms with Gasteiger partial charge in [-0.1, -0.05) is 23.2 Å². The van der Waals surface area contributed by atoms with Crippen LogP contribution in [-0.4, -0.2) is 63.7 Å². The van der Waals surface area contributed by atoms with E-state index in [0.29, 0.717) is 42.0 Å². The van der Waals surface area contributed by atoms with E-state index in [0.717, 1.165) is 5.69 Å². The van der Waals surface area contributed by atoms with Crippen LogP contribution in [0.3, 0.4) is 0 Å². The average molecular weight is 472 g/mol. The molecule has 3 rings (SSSR count). The molecule has 162 valence electrons. The van der Waals surface area contributed by atoms with Crippen molar-refractivity contribution in [3.05, 3.63) is 58.6 Å². The molecule has 1 amide bonds. The molecule has 7 nitrogen and oxygen atoms in total. The molecule has 10 heteroatoms. The minimum atomic E-state index is -3.45. The van der Waals surface area contributed by atoms with E-state index in [1.165, 1.54) is 4.31 Å². The van der Waals surface area contributed by atoms with Gasteiger partial charge in [-0.25, -0.2) is 8.42 Å². The van der Waals surface area contributed by atoms with E-state index in [4.69, 9.17) is 27.9 Å². The van der Waals surface area contributed by atoms with Crippen LogP contribution >= 0.6 is 23.2 Å². The molecule has 1 N–H and O–H groups in total. The fraction of sp³-hybridized carbons (Fsp3) is 0.350. The van der Waals surface area contributed by atoms with E-state index in [9.17, 15) is 13.2 Å². The molecule has 1 fully saturated rings. The van der Waals surface area contributed by atoms with Gasteiger partial charge in [0.15, 0.2) is 6.61 Å². The van der Waals surface area contributed by atoms with Crippen molar-refractivity contribution in [3.63, 3.8) is 0 Å². The summed E-state index contributed by atoms with van der Waals surface area (Å²) in [5, 5.41) is 3.82. The Hall–Kier alpha value is -2.00. The maximum absolute atomic E-state index is 12.6. The highest BCUT2D eigenvalue weighted by atomic mass is 35.5. The third-order valence-electron chi connectivity index (χ3n) is 4.69. The van der Waals surface area contributed by atoms with Crippen molar-refractivity contribution in [2.45, 2.75) is 0 Å². The predicted molar refractivity (Wildman–Crippen MR) is 119 cm³/mol. The van der Waals surface area contributed by atoms with Crippen LogP contribution in [-0.2, 0) is 14.8 Å². The summed E-state index contributed by atoms with van der Waals surface area (Å²) < 4.78 is 31.9. The van der Waals surface area contributed by atoms with Crippen molar-refractivity contribution in [1.82, 2.24) is 9.62 Å². The molecule has 1 aliphatic heterocycles. The first-order chi connectivity index (χ1) is 14.3. The van der Waals surface area contributed by atoms with Gasteiger partial charge < -0.3 is 15.0 Å². The van der Waals surface area contributed by atoms with Crippen LogP contribution in [0.1, 0.15) is 0 Å². The number of hydrogen-bond donors (Lipinski definition) is 1. The molecule has 0 unspecified atom stereocenters. The van der Waals surface area contributed by atoms with Gasteiger partial charge in [0, 0.05) is 48.5 Å². The van der Waals surface area contributed by atoms with Crippen molar-refractivity contribution < 1.29 is 17.9 Å². The van der Waals surface area contributed by atoms with Crippen LogP contribution in [0, 0.1) is 0 Å². The Balaban J connectivity index is 1.39. The number of halogens is 2. The second-order valence-corrected chi connectivity index (χ2v) is 9.73. The van der Waals surface area contributed by atoms with Gasteiger partial charge in [-0.05, 0) is 48.5 Å². The van der Waals surface area contributed by atoms with Gasteiger partial charge in [-0.15, -0.1) is 0 Å². The Kier molecular flexibility index (Phi) is 7.82. The maximum Gasteiger partial charge on any atom is 0.257 e. The molecule has 0 atom stereocenters. The quantitative estimate of drug-likeness (QED) is 0.639. The Morgan fingerprint density at radius 3 is 2.10 bits per heavy atom. The van der Waals surface area contributed by atoms with Crippen LogP contribution in [0.5, 0.6) is 5.75 Å². The highest BCUT2D eigenvalue weighted by Crippen LogP contribution is 2.20. The molecule has 2 aromatic carbocycles. The zero-order chi connectivity index (χ0) is 21.6. The third kappa shape index (κ3) is 6.50. The largest absolute Gasteiger partial charge is 0.484 e. The van der Waals surface area contributed by atoms with E-state index in [2.05, 4.69) is 10.2 Å². The van der Waals surface area contributed by atoms with E-state index in [1.54, 1.807) is 24.3 Å². The Labute approximate surface area is 186 Å². The number of ether oxygens (including phenoxy) is 1. The number of carbonyl (C=O) groups excluding carboxylic acids is 1. The van der Waals surface area contributed by atoms with Crippen molar-refractivity contribution in [2.24, 2.45) is 0 Å². The van der Waals surface area contributed by atoms with Gasteiger partial charge >= 0.3 is 0 Å². The lowest BCUT2D eigenvalue weighted by molar-refractivity contribution is -0.122. The van der Waals surface area contributed by atoms with Gasteiger partial charge in [0.2, 0.25) is 10.0 Å². The van der Waals surface area contributed by atoms with Crippen LogP contribution in [0.25, 0.3) is 0 Å². The van der Waals surface area contributed by atoms with Crippen LogP contribution < -0.4 is 15.0 Å². The van der Waals surface area contributed by atoms with Crippen LogP contribution in [0.4, 0.5) is 5.69 Å². The predicted octanol–water partition coefficient (Wildman–Crippen LogP) is 2.64. The number of sulfonamides is 1. The fourth-order valence-electron chi connectivity index (χ4n) is 3.06. The lowest BCUT2D eigenvalue weighted by Gasteiger charge is -2.35. The highest BCUT2D eigenvalue weighted by molar-refractivity contribution is 7.89. The number of hydrogen-bond acceptors (Lipinski definition) is 5. The van der Waals surface area contributed by atoms with E-state index >= 15 is 0 Å². The second kappa shape index (κ2) is 10.3. The standard InChI is InChI=1S/C20H23Cl2N3O4S/c21-16-1-5-18(6-2-16)24-10-12-25(13-11-24)30(27,28)14-9-23-20(26)15-29-19-7-3-17(22)4-8-19/h1-8H,9-15H2,(H,23,26). The number of amides is 1. The molecular formula is C20H23Cl2N3O4S. The topological polar surface area (TPSA) is 78.9 Å². The lowest BCUT2D eigenvalue weighted by atomic mass is 10.2. The molecule has 0 radical (unpaired) electrons. The van der Waals surface area contributed by atoms with Gasteiger partial charge in [-0.3, -0.25) is 4.79 Å². The summed E-state index contributed by atoms with van der Waals surface area (Å²) >= 11 is 11.7. The first kappa shape index (κ1) is 22.7. The smallest absolute Gasteiger partial charge is 0.257 e. The monoisotopic (exact) mass is 471 g/mol. The molecule has 0 spiro atoms. The van der Waals surface area contributed by atoms with Gasteiger partial charge in [-0.2, -0.15) is 4.31 Å². The number of carbonyl (C=O) groups is 1. The molecule has 0 bridgehead atoms. The van der Waals surface area contributed by atoms with Crippen molar-refractivity contribution >= 4 is 44.8 Å². The summed E-state index contributed by atoms with van der Waals surface area (Å²) in [6.07, 6.45) is 0. The average Bonchev–Trinajstić information content (AvgIpc) is 2.74. The highest BCUT2D eigenvalue weighted by Gasteiger charge is 2.26. The van der Waals surface area contributed by atoms with Crippen LogP contribution in [0.2, 0.25) is 10.0 Å². The summed E-state index contributed by atoms with van der Waals surface area (Å²) in [5.41, 5.74) is 1.02. The van der Waals surface area contributed by atoms with Crippen LogP contribution in [0.15, 0.2) is 48.5 Å². The summed E-state index contributed by atoms with van der Waals surface area (Å²) in [6, 6.07) is 14.1. The summed E-state index contributed by atoms with van der Waals surface area (Å²) in [7, 11) is -3.45. The van der Waals surface area contributed by atoms with Gasteiger partial charge in [0.05, 0.1) is 5.75 Å². The number of nitrogens with zero attached hydrogens (tertiary/aromatic N) is 2. The molecule has 30 heavy (non-hydrogen) atoms. The zero-order valence-corrected chi connectivity index (χ0v) is 18.6. The Morgan fingerprint density at radius 1 is 0.933 bits per heavy atom. The molecule has 0 aliphatic carbocycles. The summed E-state index contributed by atoms with van der Waals surface area (Å²) in [4.78, 5) is 14.0. The van der Waals surface area contributed by atoms with Gasteiger partial charge in [0.25, 0.3) is 5.91 Å². The third-order valence-corrected chi connectivity index (χ3v) is 7.07. The minimum Gasteiger partial charge on any atom is -0.484 e. The first-order valence-corrected chi connectivity index (χ1v) is 11.8. The van der Waals surface area contributed by atoms with Crippen molar-refractivity contribution in [2.75, 3.05) is 50.0 Å². The summed E-state index contributed by atoms with van der Waals surface area (Å²) in [6.45, 7) is 1.84. The fourth-order valence-corrected chi connectivity index (χ4v) is 4.65. The van der Waals surface area contributed by atoms with E-state index in [1.807, 2.05) is 24.3 Å². The normalized spacial score (nSPS) is 15.1. The van der Waals surface area contributed by atoms with Gasteiger partial charge in [0.1, 0.15) is 5.75 Å². The summed E-state index contributed by atoms with van der Waals surface area (Å²) in [5.74, 6) is -0.0193. The number of benzene rings is 2. The Morgan fingerprint density at radius 2 is 1.50 bits per heavy atom. The number of nitrogens with one attached hydrogen (secondary N) is 1. The lowest BCUT2D eigenvalue weighted by Crippen LogP contribution is -2.50. The molecule has 1 aliphatic rings. The zero-order valence-electron chi connectivity index (χ0n) is 16.3. The minimum absolute atomic E-state index is 0.0303. The molecular weight excluding hydrogens is 449 g/mol. The molecule has 1 saturated heterocycles. The second-order valence-electron chi connectivity index (χ2n) is 6.77. The molecule has 2 aromatic rings. The first-order valence-electron chi connectivity index (χ1n) is 9.47. The number of rotatable bonds is 8. The van der Waals surface area contributed by atoms with Crippen molar-refractivity contribution in [1.29, 1.82) is 0 Å². The van der Waals surface area contributed by atoms with E-state index in [-0.39, 0.29) is 24.8 Å². The number of piperazine rings is 1. The molecule has 1 heterocycles.